The predicted octanol–water partition coefficient (Wildman–Crippen LogP) is 3.52. The maximum absolute atomic E-state index is 13.6. The molecular weight excluding hydrogens is 233 g/mol. The van der Waals surface area contributed by atoms with Gasteiger partial charge in [-0.1, -0.05) is 6.07 Å². The van der Waals surface area contributed by atoms with E-state index < -0.39 is 5.82 Å². The summed E-state index contributed by atoms with van der Waals surface area (Å²) in [5.74, 6) is 0.641. The van der Waals surface area contributed by atoms with Crippen LogP contribution in [0.15, 0.2) is 36.4 Å². The monoisotopic (exact) mass is 247 g/mol. The van der Waals surface area contributed by atoms with Gasteiger partial charge in [-0.15, -0.1) is 0 Å². The summed E-state index contributed by atoms with van der Waals surface area (Å²) in [6.45, 7) is 1.94. The zero-order valence-corrected chi connectivity index (χ0v) is 10.2. The standard InChI is InChI=1S/C14H14FNO2/c1-9-3-5-13(14(7-9)17-2)18-12-6-4-10(16)8-11(12)15/h3-8H,16H2,1-2H3. The van der Waals surface area contributed by atoms with E-state index in [1.807, 2.05) is 19.1 Å². The summed E-state index contributed by atoms with van der Waals surface area (Å²) in [5.41, 5.74) is 6.87. The fourth-order valence-corrected chi connectivity index (χ4v) is 1.58. The molecule has 4 heteroatoms. The zero-order chi connectivity index (χ0) is 13.1. The molecule has 94 valence electrons. The molecule has 0 aliphatic carbocycles. The molecule has 0 saturated heterocycles. The van der Waals surface area contributed by atoms with Crippen molar-refractivity contribution in [1.29, 1.82) is 0 Å². The van der Waals surface area contributed by atoms with E-state index in [0.29, 0.717) is 17.2 Å². The number of anilines is 1. The van der Waals surface area contributed by atoms with E-state index >= 15 is 0 Å². The molecule has 0 atom stereocenters. The van der Waals surface area contributed by atoms with Crippen molar-refractivity contribution in [2.75, 3.05) is 12.8 Å². The Labute approximate surface area is 105 Å². The molecule has 0 aliphatic rings. The van der Waals surface area contributed by atoms with E-state index in [1.165, 1.54) is 12.1 Å². The van der Waals surface area contributed by atoms with Gasteiger partial charge in [0.2, 0.25) is 0 Å². The summed E-state index contributed by atoms with van der Waals surface area (Å²) in [7, 11) is 1.54. The van der Waals surface area contributed by atoms with Gasteiger partial charge in [-0.25, -0.2) is 4.39 Å². The fourth-order valence-electron chi connectivity index (χ4n) is 1.58. The summed E-state index contributed by atoms with van der Waals surface area (Å²) < 4.78 is 24.3. The molecule has 0 radical (unpaired) electrons. The Kier molecular flexibility index (Phi) is 3.37. The quantitative estimate of drug-likeness (QED) is 0.844. The second-order valence-electron chi connectivity index (χ2n) is 3.95. The SMILES string of the molecule is COc1cc(C)ccc1Oc1ccc(N)cc1F. The average molecular weight is 247 g/mol. The third kappa shape index (κ3) is 2.53. The molecule has 0 saturated carbocycles. The van der Waals surface area contributed by atoms with E-state index in [4.69, 9.17) is 15.2 Å². The van der Waals surface area contributed by atoms with Crippen molar-refractivity contribution in [2.24, 2.45) is 0 Å². The number of nitrogens with two attached hydrogens (primary N) is 1. The largest absolute Gasteiger partial charge is 0.493 e. The molecule has 0 unspecified atom stereocenters. The van der Waals surface area contributed by atoms with Crippen LogP contribution in [0.25, 0.3) is 0 Å². The van der Waals surface area contributed by atoms with Crippen molar-refractivity contribution in [3.8, 4) is 17.2 Å². The Morgan fingerprint density at radius 3 is 2.39 bits per heavy atom. The van der Waals surface area contributed by atoms with Gasteiger partial charge in [-0.2, -0.15) is 0 Å². The van der Waals surface area contributed by atoms with Gasteiger partial charge in [0.05, 0.1) is 7.11 Å². The number of nitrogen functional groups attached to an aromatic ring is 1. The Balaban J connectivity index is 2.33. The lowest BCUT2D eigenvalue weighted by Crippen LogP contribution is -1.94. The lowest BCUT2D eigenvalue weighted by atomic mass is 10.2. The molecule has 0 bridgehead atoms. The second-order valence-corrected chi connectivity index (χ2v) is 3.95. The highest BCUT2D eigenvalue weighted by atomic mass is 19.1. The van der Waals surface area contributed by atoms with Crippen LogP contribution in [-0.4, -0.2) is 7.11 Å². The van der Waals surface area contributed by atoms with Gasteiger partial charge < -0.3 is 15.2 Å². The number of hydrogen-bond acceptors (Lipinski definition) is 3. The van der Waals surface area contributed by atoms with Gasteiger partial charge in [-0.05, 0) is 36.8 Å². The molecule has 3 nitrogen and oxygen atoms in total. The average Bonchev–Trinajstić information content (AvgIpc) is 2.34. The molecule has 18 heavy (non-hydrogen) atoms. The van der Waals surface area contributed by atoms with Crippen LogP contribution in [0.3, 0.4) is 0 Å². The second kappa shape index (κ2) is 4.96. The first-order chi connectivity index (χ1) is 8.60. The van der Waals surface area contributed by atoms with Crippen LogP contribution in [0.1, 0.15) is 5.56 Å². The number of rotatable bonds is 3. The number of halogens is 1. The van der Waals surface area contributed by atoms with Gasteiger partial charge >= 0.3 is 0 Å². The lowest BCUT2D eigenvalue weighted by molar-refractivity contribution is 0.371. The fraction of sp³-hybridized carbons (Fsp3) is 0.143. The number of methoxy groups -OCH3 is 1. The highest BCUT2D eigenvalue weighted by Gasteiger charge is 2.09. The number of ether oxygens (including phenoxy) is 2. The van der Waals surface area contributed by atoms with Crippen LogP contribution < -0.4 is 15.2 Å². The Bertz CT molecular complexity index is 570. The van der Waals surface area contributed by atoms with Gasteiger partial charge in [-0.3, -0.25) is 0 Å². The summed E-state index contributed by atoms with van der Waals surface area (Å²) in [5, 5.41) is 0. The molecule has 0 aliphatic heterocycles. The first kappa shape index (κ1) is 12.2. The molecule has 2 rings (SSSR count). The first-order valence-corrected chi connectivity index (χ1v) is 5.47. The van der Waals surface area contributed by atoms with Crippen molar-refractivity contribution >= 4 is 5.69 Å². The smallest absolute Gasteiger partial charge is 0.169 e. The van der Waals surface area contributed by atoms with Crippen LogP contribution in [0, 0.1) is 12.7 Å². The summed E-state index contributed by atoms with van der Waals surface area (Å²) in [6, 6.07) is 9.72. The Morgan fingerprint density at radius 1 is 1.00 bits per heavy atom. The number of aryl methyl sites for hydroxylation is 1. The molecule has 2 aromatic carbocycles. The highest BCUT2D eigenvalue weighted by Crippen LogP contribution is 2.33. The van der Waals surface area contributed by atoms with Crippen molar-refractivity contribution < 1.29 is 13.9 Å². The van der Waals surface area contributed by atoms with E-state index in [2.05, 4.69) is 0 Å². The van der Waals surface area contributed by atoms with Crippen molar-refractivity contribution in [1.82, 2.24) is 0 Å². The molecule has 2 N–H and O–H groups in total. The van der Waals surface area contributed by atoms with E-state index in [-0.39, 0.29) is 5.75 Å². The van der Waals surface area contributed by atoms with E-state index in [9.17, 15) is 4.39 Å². The summed E-state index contributed by atoms with van der Waals surface area (Å²) in [4.78, 5) is 0. The molecule has 0 aromatic heterocycles. The van der Waals surface area contributed by atoms with Gasteiger partial charge in [0.1, 0.15) is 0 Å². The molecule has 0 heterocycles. The minimum atomic E-state index is -0.502. The van der Waals surface area contributed by atoms with Crippen LogP contribution >= 0.6 is 0 Å². The van der Waals surface area contributed by atoms with E-state index in [0.717, 1.165) is 5.56 Å². The van der Waals surface area contributed by atoms with Gasteiger partial charge in [0.25, 0.3) is 0 Å². The van der Waals surface area contributed by atoms with Gasteiger partial charge in [0.15, 0.2) is 23.1 Å². The maximum atomic E-state index is 13.6. The van der Waals surface area contributed by atoms with E-state index in [1.54, 1.807) is 19.2 Å². The molecule has 0 amide bonds. The molecule has 0 fully saturated rings. The first-order valence-electron chi connectivity index (χ1n) is 5.47. The van der Waals surface area contributed by atoms with Crippen molar-refractivity contribution in [3.63, 3.8) is 0 Å². The molecule has 0 spiro atoms. The summed E-state index contributed by atoms with van der Waals surface area (Å²) >= 11 is 0. The van der Waals surface area contributed by atoms with Gasteiger partial charge in [0, 0.05) is 11.8 Å². The highest BCUT2D eigenvalue weighted by molar-refractivity contribution is 5.48. The topological polar surface area (TPSA) is 44.5 Å². The third-order valence-corrected chi connectivity index (χ3v) is 2.49. The lowest BCUT2D eigenvalue weighted by Gasteiger charge is -2.11. The minimum absolute atomic E-state index is 0.117. The van der Waals surface area contributed by atoms with Crippen molar-refractivity contribution in [3.05, 3.63) is 47.8 Å². The van der Waals surface area contributed by atoms with Crippen molar-refractivity contribution in [2.45, 2.75) is 6.92 Å². The van der Waals surface area contributed by atoms with Crippen LogP contribution in [0.5, 0.6) is 17.2 Å². The molecular formula is C14H14FNO2. The maximum Gasteiger partial charge on any atom is 0.169 e. The molecule has 2 aromatic rings. The number of benzene rings is 2. The van der Waals surface area contributed by atoms with Crippen LogP contribution in [0.4, 0.5) is 10.1 Å². The minimum Gasteiger partial charge on any atom is -0.493 e. The number of hydrogen-bond donors (Lipinski definition) is 1. The van der Waals surface area contributed by atoms with Crippen LogP contribution in [0.2, 0.25) is 0 Å². The third-order valence-electron chi connectivity index (χ3n) is 2.49. The predicted molar refractivity (Wildman–Crippen MR) is 68.6 cm³/mol. The Morgan fingerprint density at radius 2 is 1.72 bits per heavy atom. The normalized spacial score (nSPS) is 10.2. The summed E-state index contributed by atoms with van der Waals surface area (Å²) in [6.07, 6.45) is 0. The Hall–Kier alpha value is -2.23. The zero-order valence-electron chi connectivity index (χ0n) is 10.2. The van der Waals surface area contributed by atoms with Crippen LogP contribution in [-0.2, 0) is 0 Å².